The summed E-state index contributed by atoms with van der Waals surface area (Å²) in [4.78, 5) is 0. The highest BCUT2D eigenvalue weighted by Gasteiger charge is 2.35. The van der Waals surface area contributed by atoms with Crippen LogP contribution < -0.4 is 0 Å². The smallest absolute Gasteiger partial charge is 0.202 e. The van der Waals surface area contributed by atoms with Crippen LogP contribution in [0.4, 0.5) is 0 Å². The lowest BCUT2D eigenvalue weighted by Gasteiger charge is -2.28. The van der Waals surface area contributed by atoms with Crippen molar-refractivity contribution in [2.24, 2.45) is 18.1 Å². The molecule has 1 rings (SSSR count). The maximum atomic E-state index is 6.42. The second-order valence-corrected chi connectivity index (χ2v) is 31.2. The van der Waals surface area contributed by atoms with E-state index < -0.39 is 23.0 Å². The molecule has 1 heterocycles. The van der Waals surface area contributed by atoms with Crippen LogP contribution in [0.2, 0.25) is 0 Å². The van der Waals surface area contributed by atoms with Crippen LogP contribution in [0.25, 0.3) is 0 Å². The Balaban J connectivity index is 3.84. The standard InChI is InChI=1S/C8H20Cl4N4P4S4/c1-5-21-19(22-6-2)14-17(9,10)13-18(11,12)15-20(16-19,23-7-3)24-8-4/h5-8H2,1-4H3. The summed E-state index contributed by atoms with van der Waals surface area (Å²) in [6.07, 6.45) is 0. The lowest BCUT2D eigenvalue weighted by Crippen LogP contribution is -1.78. The Morgan fingerprint density at radius 2 is 0.875 bits per heavy atom. The molecule has 0 spiro atoms. The van der Waals surface area contributed by atoms with Gasteiger partial charge in [0.15, 0.2) is 11.2 Å². The van der Waals surface area contributed by atoms with Crippen molar-refractivity contribution >= 4 is 114 Å². The molecule has 0 saturated carbocycles. The number of hydrogen-bond donors (Lipinski definition) is 0. The molecule has 1 aliphatic heterocycles. The lowest BCUT2D eigenvalue weighted by atomic mass is 11.0. The molecule has 4 nitrogen and oxygen atoms in total. The van der Waals surface area contributed by atoms with Crippen molar-refractivity contribution in [1.82, 2.24) is 0 Å². The van der Waals surface area contributed by atoms with Gasteiger partial charge in [0.25, 0.3) is 11.8 Å². The minimum atomic E-state index is -3.01. The second kappa shape index (κ2) is 11.0. The van der Waals surface area contributed by atoms with Gasteiger partial charge in [-0.2, -0.15) is 13.5 Å². The molecule has 0 amide bonds. The maximum Gasteiger partial charge on any atom is 0.257 e. The van der Waals surface area contributed by atoms with E-state index in [0.29, 0.717) is 0 Å². The third kappa shape index (κ3) is 8.08. The fourth-order valence-electron chi connectivity index (χ4n) is 1.57. The highest BCUT2D eigenvalue weighted by molar-refractivity contribution is 8.95. The van der Waals surface area contributed by atoms with Gasteiger partial charge in [-0.25, -0.2) is 4.52 Å². The van der Waals surface area contributed by atoms with Crippen molar-refractivity contribution in [2.75, 3.05) is 23.0 Å². The Kier molecular flexibility index (Phi) is 11.7. The number of nitrogens with zero attached hydrogens (tertiary/aromatic N) is 4. The van der Waals surface area contributed by atoms with Gasteiger partial charge in [-0.1, -0.05) is 73.2 Å². The summed E-state index contributed by atoms with van der Waals surface area (Å²) < 4.78 is 19.1. The van der Waals surface area contributed by atoms with Crippen molar-refractivity contribution < 1.29 is 0 Å². The van der Waals surface area contributed by atoms with Gasteiger partial charge in [-0.15, -0.1) is 0 Å². The first kappa shape index (κ1) is 25.5. The van der Waals surface area contributed by atoms with Crippen LogP contribution in [0.3, 0.4) is 0 Å². The molecular formula is C8H20Cl4N4P4S4. The first-order chi connectivity index (χ1) is 11.1. The first-order valence-electron chi connectivity index (χ1n) is 6.99. The van der Waals surface area contributed by atoms with E-state index in [-0.39, 0.29) is 0 Å². The van der Waals surface area contributed by atoms with Crippen LogP contribution in [-0.2, 0) is 0 Å². The highest BCUT2D eigenvalue weighted by Crippen LogP contribution is 2.93. The molecule has 0 radical (unpaired) electrons. The average Bonchev–Trinajstić information content (AvgIpc) is 2.35. The number of hydrogen-bond acceptors (Lipinski definition) is 8. The Bertz CT molecular complexity index is 617. The van der Waals surface area contributed by atoms with Gasteiger partial charge in [0.1, 0.15) is 0 Å². The topological polar surface area (TPSA) is 49.4 Å². The zero-order valence-electron chi connectivity index (χ0n) is 13.6. The third-order valence-corrected chi connectivity index (χ3v) is 32.6. The molecule has 0 bridgehead atoms. The van der Waals surface area contributed by atoms with Crippen molar-refractivity contribution in [2.45, 2.75) is 27.7 Å². The van der Waals surface area contributed by atoms with E-state index in [4.69, 9.17) is 58.5 Å². The van der Waals surface area contributed by atoms with E-state index in [2.05, 4.69) is 32.2 Å². The zero-order chi connectivity index (χ0) is 18.5. The minimum Gasteiger partial charge on any atom is -0.202 e. The second-order valence-electron chi connectivity index (χ2n) is 3.92. The predicted octanol–water partition coefficient (Wildman–Crippen LogP) is 11.8. The third-order valence-electron chi connectivity index (χ3n) is 2.07. The number of rotatable bonds is 8. The molecule has 0 aromatic rings. The summed E-state index contributed by atoms with van der Waals surface area (Å²) in [5.74, 6) is -2.52. The van der Waals surface area contributed by atoms with Crippen molar-refractivity contribution in [1.29, 1.82) is 0 Å². The molecular weight excluding hydrogens is 546 g/mol. The van der Waals surface area contributed by atoms with E-state index in [0.717, 1.165) is 23.0 Å². The Morgan fingerprint density at radius 3 is 1.25 bits per heavy atom. The molecule has 0 aliphatic carbocycles. The molecule has 0 aromatic heterocycles. The number of halogens is 4. The van der Waals surface area contributed by atoms with Gasteiger partial charge in [0.05, 0.1) is 0 Å². The summed E-state index contributed by atoms with van der Waals surface area (Å²) in [5, 5.41) is 0. The SMILES string of the molecule is CCSP1(SCC)=NP(Cl)(Cl)=NP(Cl)(Cl)=NP(SCC)(SCC)=N1. The van der Waals surface area contributed by atoms with E-state index in [9.17, 15) is 0 Å². The Morgan fingerprint density at radius 1 is 0.542 bits per heavy atom. The van der Waals surface area contributed by atoms with Crippen LogP contribution in [0.15, 0.2) is 18.1 Å². The Hall–Kier alpha value is 3.48. The molecule has 0 saturated heterocycles. The molecule has 0 atom stereocenters. The molecule has 1 aliphatic rings. The molecule has 24 heavy (non-hydrogen) atoms. The van der Waals surface area contributed by atoms with Crippen molar-refractivity contribution in [3.8, 4) is 0 Å². The quantitative estimate of drug-likeness (QED) is 0.274. The molecule has 16 heteroatoms. The molecule has 0 aromatic carbocycles. The van der Waals surface area contributed by atoms with E-state index in [1.54, 1.807) is 45.5 Å². The van der Waals surface area contributed by atoms with Gasteiger partial charge < -0.3 is 0 Å². The Labute approximate surface area is 180 Å². The van der Waals surface area contributed by atoms with E-state index in [1.165, 1.54) is 0 Å². The monoisotopic (exact) mass is 564 g/mol. The van der Waals surface area contributed by atoms with Gasteiger partial charge in [-0.05, 0) is 68.0 Å². The van der Waals surface area contributed by atoms with Gasteiger partial charge >= 0.3 is 0 Å². The van der Waals surface area contributed by atoms with Crippen molar-refractivity contribution in [3.63, 3.8) is 0 Å². The van der Waals surface area contributed by atoms with E-state index >= 15 is 0 Å². The normalized spacial score (nSPS) is 23.7. The predicted molar refractivity (Wildman–Crippen MR) is 133 cm³/mol. The van der Waals surface area contributed by atoms with E-state index in [1.807, 2.05) is 0 Å². The summed E-state index contributed by atoms with van der Waals surface area (Å²) >= 11 is 32.5. The lowest BCUT2D eigenvalue weighted by molar-refractivity contribution is 1.53. The van der Waals surface area contributed by atoms with Gasteiger partial charge in [0, 0.05) is 0 Å². The molecule has 0 fully saturated rings. The minimum absolute atomic E-state index is 0.872. The summed E-state index contributed by atoms with van der Waals surface area (Å²) in [6, 6.07) is 0. The fraction of sp³-hybridized carbons (Fsp3) is 1.00. The van der Waals surface area contributed by atoms with Gasteiger partial charge in [0.2, 0.25) is 0 Å². The highest BCUT2D eigenvalue weighted by atomic mass is 35.9. The maximum absolute atomic E-state index is 6.42. The van der Waals surface area contributed by atoms with Crippen LogP contribution in [0.1, 0.15) is 27.7 Å². The van der Waals surface area contributed by atoms with Crippen LogP contribution in [-0.4, -0.2) is 23.0 Å². The van der Waals surface area contributed by atoms with Gasteiger partial charge in [-0.3, -0.25) is 0 Å². The van der Waals surface area contributed by atoms with Crippen LogP contribution >= 0.6 is 114 Å². The van der Waals surface area contributed by atoms with Crippen molar-refractivity contribution in [3.05, 3.63) is 0 Å². The molecule has 0 unspecified atom stereocenters. The molecule has 144 valence electrons. The van der Waals surface area contributed by atoms with Crippen LogP contribution in [0.5, 0.6) is 0 Å². The van der Waals surface area contributed by atoms with Crippen LogP contribution in [0, 0.1) is 0 Å². The fourth-order valence-corrected chi connectivity index (χ4v) is 44.7. The summed E-state index contributed by atoms with van der Waals surface area (Å²) in [5.41, 5.74) is -4.46. The summed E-state index contributed by atoms with van der Waals surface area (Å²) in [7, 11) is 0. The molecule has 0 N–H and O–H groups in total. The largest absolute Gasteiger partial charge is 0.257 e. The first-order valence-corrected chi connectivity index (χ1v) is 23.8. The zero-order valence-corrected chi connectivity index (χ0v) is 23.4. The average molecular weight is 566 g/mol. The summed E-state index contributed by atoms with van der Waals surface area (Å²) in [6.45, 7) is 8.35.